The fourth-order valence-electron chi connectivity index (χ4n) is 2.29. The van der Waals surface area contributed by atoms with Gasteiger partial charge >= 0.3 is 0 Å². The van der Waals surface area contributed by atoms with Crippen LogP contribution in [0.5, 0.6) is 0 Å². The minimum Gasteiger partial charge on any atom is -0.350 e. The number of hydrogen-bond donors (Lipinski definition) is 2. The van der Waals surface area contributed by atoms with Crippen molar-refractivity contribution in [3.05, 3.63) is 0 Å². The molecule has 0 aromatic heterocycles. The fraction of sp³-hybridized carbons (Fsp3) is 0.917. The van der Waals surface area contributed by atoms with E-state index in [1.807, 2.05) is 6.92 Å². The molecule has 1 amide bonds. The van der Waals surface area contributed by atoms with E-state index >= 15 is 0 Å². The van der Waals surface area contributed by atoms with Gasteiger partial charge in [-0.2, -0.15) is 0 Å². The number of hydrogen-bond acceptors (Lipinski definition) is 4. The number of unbranched alkanes of at least 4 members (excludes halogenated alkanes) is 3. The van der Waals surface area contributed by atoms with Crippen molar-refractivity contribution in [3.8, 4) is 0 Å². The maximum atomic E-state index is 11.7. The van der Waals surface area contributed by atoms with Crippen molar-refractivity contribution in [1.82, 2.24) is 5.32 Å². The van der Waals surface area contributed by atoms with Gasteiger partial charge in [-0.15, -0.1) is 0 Å². The highest BCUT2D eigenvalue weighted by molar-refractivity contribution is 7.91. The molecule has 1 rings (SSSR count). The van der Waals surface area contributed by atoms with E-state index < -0.39 is 15.4 Å². The smallest absolute Gasteiger partial charge is 0.220 e. The van der Waals surface area contributed by atoms with Gasteiger partial charge in [0.05, 0.1) is 17.0 Å². The molecule has 1 aliphatic rings. The summed E-state index contributed by atoms with van der Waals surface area (Å²) in [6.07, 6.45) is 4.88. The number of nitrogens with two attached hydrogens (primary N) is 1. The van der Waals surface area contributed by atoms with Crippen LogP contribution in [0, 0.1) is 0 Å². The summed E-state index contributed by atoms with van der Waals surface area (Å²) >= 11 is 0. The van der Waals surface area contributed by atoms with Crippen LogP contribution in [0.1, 0.15) is 45.4 Å². The van der Waals surface area contributed by atoms with E-state index in [1.54, 1.807) is 0 Å². The minimum atomic E-state index is -2.96. The third-order valence-electron chi connectivity index (χ3n) is 3.30. The Morgan fingerprint density at radius 3 is 2.50 bits per heavy atom. The van der Waals surface area contributed by atoms with Crippen molar-refractivity contribution in [3.63, 3.8) is 0 Å². The van der Waals surface area contributed by atoms with Gasteiger partial charge in [0, 0.05) is 6.42 Å². The zero-order chi connectivity index (χ0) is 13.6. The van der Waals surface area contributed by atoms with Gasteiger partial charge in [0.25, 0.3) is 0 Å². The summed E-state index contributed by atoms with van der Waals surface area (Å²) in [6, 6.07) is 0. The van der Waals surface area contributed by atoms with Crippen LogP contribution in [0.2, 0.25) is 0 Å². The van der Waals surface area contributed by atoms with E-state index in [4.69, 9.17) is 5.73 Å². The number of sulfone groups is 1. The lowest BCUT2D eigenvalue weighted by atomic mass is 10.0. The van der Waals surface area contributed by atoms with Crippen molar-refractivity contribution in [1.29, 1.82) is 0 Å². The van der Waals surface area contributed by atoms with Crippen LogP contribution < -0.4 is 11.1 Å². The van der Waals surface area contributed by atoms with Gasteiger partial charge < -0.3 is 11.1 Å². The predicted octanol–water partition coefficient (Wildman–Crippen LogP) is 0.589. The Morgan fingerprint density at radius 1 is 1.28 bits per heavy atom. The molecule has 0 radical (unpaired) electrons. The fourth-order valence-corrected chi connectivity index (χ4v) is 4.38. The number of carbonyl (C=O) groups is 1. The second kappa shape index (κ2) is 6.52. The third kappa shape index (κ3) is 5.35. The molecule has 18 heavy (non-hydrogen) atoms. The summed E-state index contributed by atoms with van der Waals surface area (Å²) in [7, 11) is -2.96. The largest absolute Gasteiger partial charge is 0.350 e. The van der Waals surface area contributed by atoms with Crippen molar-refractivity contribution in [2.45, 2.75) is 51.0 Å². The zero-order valence-electron chi connectivity index (χ0n) is 11.1. The minimum absolute atomic E-state index is 0.0395. The Labute approximate surface area is 109 Å². The van der Waals surface area contributed by atoms with Crippen LogP contribution in [0.15, 0.2) is 0 Å². The van der Waals surface area contributed by atoms with Gasteiger partial charge in [0.2, 0.25) is 5.91 Å². The van der Waals surface area contributed by atoms with Gasteiger partial charge in [-0.05, 0) is 32.7 Å². The molecule has 0 aromatic carbocycles. The van der Waals surface area contributed by atoms with Gasteiger partial charge in [-0.25, -0.2) is 8.42 Å². The molecule has 5 nitrogen and oxygen atoms in total. The van der Waals surface area contributed by atoms with Crippen LogP contribution >= 0.6 is 0 Å². The molecule has 1 heterocycles. The second-order valence-corrected chi connectivity index (χ2v) is 7.59. The van der Waals surface area contributed by atoms with E-state index in [0.29, 0.717) is 19.4 Å². The van der Waals surface area contributed by atoms with E-state index in [1.165, 1.54) is 0 Å². The molecule has 3 N–H and O–H groups in total. The van der Waals surface area contributed by atoms with E-state index in [0.717, 1.165) is 25.7 Å². The van der Waals surface area contributed by atoms with Gasteiger partial charge in [-0.1, -0.05) is 12.8 Å². The molecule has 0 aromatic rings. The number of nitrogens with one attached hydrogen (secondary N) is 1. The summed E-state index contributed by atoms with van der Waals surface area (Å²) in [5.74, 6) is 0.210. The van der Waals surface area contributed by atoms with Crippen LogP contribution in [0.3, 0.4) is 0 Å². The van der Waals surface area contributed by atoms with Crippen molar-refractivity contribution >= 4 is 15.7 Å². The molecule has 1 atom stereocenters. The monoisotopic (exact) mass is 276 g/mol. The molecule has 1 saturated heterocycles. The molecule has 1 unspecified atom stereocenters. The summed E-state index contributed by atoms with van der Waals surface area (Å²) in [6.45, 7) is 2.51. The predicted molar refractivity (Wildman–Crippen MR) is 72.0 cm³/mol. The molecule has 0 aliphatic carbocycles. The van der Waals surface area contributed by atoms with Crippen molar-refractivity contribution < 1.29 is 13.2 Å². The summed E-state index contributed by atoms with van der Waals surface area (Å²) in [5, 5.41) is 2.86. The number of amides is 1. The van der Waals surface area contributed by atoms with Crippen LogP contribution in [-0.4, -0.2) is 37.9 Å². The average molecular weight is 276 g/mol. The molecule has 0 bridgehead atoms. The first-order valence-corrected chi connectivity index (χ1v) is 8.41. The summed E-state index contributed by atoms with van der Waals surface area (Å²) < 4.78 is 22.8. The lowest BCUT2D eigenvalue weighted by Gasteiger charge is -2.23. The molecule has 0 saturated carbocycles. The summed E-state index contributed by atoms with van der Waals surface area (Å²) in [5.41, 5.74) is 4.82. The first kappa shape index (κ1) is 15.4. The molecule has 106 valence electrons. The Balaban J connectivity index is 2.24. The molecule has 1 aliphatic heterocycles. The van der Waals surface area contributed by atoms with Crippen molar-refractivity contribution in [2.75, 3.05) is 18.1 Å². The first-order valence-electron chi connectivity index (χ1n) is 6.58. The highest BCUT2D eigenvalue weighted by Gasteiger charge is 2.39. The van der Waals surface area contributed by atoms with Crippen LogP contribution in [-0.2, 0) is 14.6 Å². The topological polar surface area (TPSA) is 89.3 Å². The summed E-state index contributed by atoms with van der Waals surface area (Å²) in [4.78, 5) is 11.7. The van der Waals surface area contributed by atoms with E-state index in [2.05, 4.69) is 5.32 Å². The normalized spacial score (nSPS) is 26.1. The Kier molecular flexibility index (Phi) is 5.59. The molecular formula is C12H24N2O3S. The number of rotatable bonds is 7. The maximum absolute atomic E-state index is 11.7. The van der Waals surface area contributed by atoms with E-state index in [9.17, 15) is 13.2 Å². The lowest BCUT2D eigenvalue weighted by molar-refractivity contribution is -0.122. The Morgan fingerprint density at radius 2 is 1.94 bits per heavy atom. The maximum Gasteiger partial charge on any atom is 0.220 e. The highest BCUT2D eigenvalue weighted by Crippen LogP contribution is 2.23. The highest BCUT2D eigenvalue weighted by atomic mass is 32.2. The van der Waals surface area contributed by atoms with E-state index in [-0.39, 0.29) is 17.4 Å². The Bertz CT molecular complexity index is 381. The van der Waals surface area contributed by atoms with Gasteiger partial charge in [0.1, 0.15) is 0 Å². The van der Waals surface area contributed by atoms with Crippen LogP contribution in [0.4, 0.5) is 0 Å². The molecule has 6 heteroatoms. The molecule has 0 spiro atoms. The second-order valence-electron chi connectivity index (χ2n) is 5.40. The van der Waals surface area contributed by atoms with Gasteiger partial charge in [0.15, 0.2) is 9.84 Å². The lowest BCUT2D eigenvalue weighted by Crippen LogP contribution is -2.46. The standard InChI is InChI=1S/C12H24N2O3S/c1-12(7-9-18(16,17)10-12)14-11(15)6-4-2-3-5-8-13/h2-10,13H2,1H3,(H,14,15). The third-order valence-corrected chi connectivity index (χ3v) is 5.21. The van der Waals surface area contributed by atoms with Crippen LogP contribution in [0.25, 0.3) is 0 Å². The zero-order valence-corrected chi connectivity index (χ0v) is 11.9. The number of carbonyl (C=O) groups excluding carboxylic acids is 1. The van der Waals surface area contributed by atoms with Gasteiger partial charge in [-0.3, -0.25) is 4.79 Å². The van der Waals surface area contributed by atoms with Crippen molar-refractivity contribution in [2.24, 2.45) is 5.73 Å². The Hall–Kier alpha value is -0.620. The molecule has 1 fully saturated rings. The molecular weight excluding hydrogens is 252 g/mol. The first-order chi connectivity index (χ1) is 8.37. The SMILES string of the molecule is CC1(NC(=O)CCCCCCN)CCS(=O)(=O)C1. The average Bonchev–Trinajstić information content (AvgIpc) is 2.52. The quantitative estimate of drug-likeness (QED) is 0.666.